The monoisotopic (exact) mass is 386 g/mol. The quantitative estimate of drug-likeness (QED) is 0.723. The molecule has 0 saturated heterocycles. The molecule has 6 heteroatoms. The molecule has 2 aromatic rings. The van der Waals surface area contributed by atoms with E-state index in [-0.39, 0.29) is 30.2 Å². The fourth-order valence-electron chi connectivity index (χ4n) is 3.06. The van der Waals surface area contributed by atoms with Gasteiger partial charge in [0.15, 0.2) is 0 Å². The van der Waals surface area contributed by atoms with Crippen LogP contribution in [-0.2, 0) is 22.7 Å². The summed E-state index contributed by atoms with van der Waals surface area (Å²) < 4.78 is 18.6. The average Bonchev–Trinajstić information content (AvgIpc) is 3.35. The molecule has 0 bridgehead atoms. The number of rotatable bonds is 7. The highest BCUT2D eigenvalue weighted by molar-refractivity contribution is 5.87. The molecule has 0 atom stereocenters. The molecular formula is C22H27FN2O3. The van der Waals surface area contributed by atoms with Gasteiger partial charge in [0.25, 0.3) is 0 Å². The van der Waals surface area contributed by atoms with Gasteiger partial charge in [-0.05, 0) is 42.7 Å². The first-order chi connectivity index (χ1) is 13.2. The Balaban J connectivity index is 1.76. The van der Waals surface area contributed by atoms with Gasteiger partial charge in [0.05, 0.1) is 12.8 Å². The van der Waals surface area contributed by atoms with E-state index in [0.29, 0.717) is 18.8 Å². The Labute approximate surface area is 165 Å². The van der Waals surface area contributed by atoms with E-state index in [4.69, 9.17) is 4.42 Å². The molecule has 0 spiro atoms. The minimum Gasteiger partial charge on any atom is -0.467 e. The number of hydrogen-bond donors (Lipinski definition) is 0. The molecular weight excluding hydrogens is 359 g/mol. The van der Waals surface area contributed by atoms with Gasteiger partial charge in [-0.15, -0.1) is 0 Å². The summed E-state index contributed by atoms with van der Waals surface area (Å²) in [5.41, 5.74) is 0.285. The highest BCUT2D eigenvalue weighted by Gasteiger charge is 2.39. The van der Waals surface area contributed by atoms with Crippen molar-refractivity contribution in [3.63, 3.8) is 0 Å². The van der Waals surface area contributed by atoms with Gasteiger partial charge >= 0.3 is 0 Å². The molecule has 28 heavy (non-hydrogen) atoms. The summed E-state index contributed by atoms with van der Waals surface area (Å²) in [5, 5.41) is 0. The number of hydrogen-bond acceptors (Lipinski definition) is 3. The lowest BCUT2D eigenvalue weighted by molar-refractivity contribution is -0.146. The van der Waals surface area contributed by atoms with Crippen LogP contribution in [0.25, 0.3) is 0 Å². The van der Waals surface area contributed by atoms with E-state index in [2.05, 4.69) is 0 Å². The van der Waals surface area contributed by atoms with E-state index >= 15 is 0 Å². The van der Waals surface area contributed by atoms with E-state index in [1.54, 1.807) is 34.3 Å². The lowest BCUT2D eigenvalue weighted by atomic mass is 9.94. The molecule has 1 aromatic heterocycles. The van der Waals surface area contributed by atoms with Crippen molar-refractivity contribution in [2.45, 2.75) is 52.7 Å². The third kappa shape index (κ3) is 5.21. The summed E-state index contributed by atoms with van der Waals surface area (Å²) in [6.45, 7) is 6.27. The fourth-order valence-corrected chi connectivity index (χ4v) is 3.06. The molecule has 0 N–H and O–H groups in total. The number of halogens is 1. The van der Waals surface area contributed by atoms with Crippen LogP contribution in [0.15, 0.2) is 47.1 Å². The third-order valence-electron chi connectivity index (χ3n) is 4.76. The average molecular weight is 386 g/mol. The van der Waals surface area contributed by atoms with E-state index in [9.17, 15) is 14.0 Å². The predicted octanol–water partition coefficient (Wildman–Crippen LogP) is 3.98. The van der Waals surface area contributed by atoms with Crippen LogP contribution in [0, 0.1) is 11.2 Å². The van der Waals surface area contributed by atoms with Crippen molar-refractivity contribution in [2.75, 3.05) is 6.54 Å². The van der Waals surface area contributed by atoms with Crippen molar-refractivity contribution in [3.8, 4) is 0 Å². The van der Waals surface area contributed by atoms with E-state index in [0.717, 1.165) is 18.4 Å². The summed E-state index contributed by atoms with van der Waals surface area (Å²) in [6.07, 6.45) is 3.44. The van der Waals surface area contributed by atoms with Crippen molar-refractivity contribution in [2.24, 2.45) is 5.41 Å². The van der Waals surface area contributed by atoms with E-state index < -0.39 is 5.41 Å². The predicted molar refractivity (Wildman–Crippen MR) is 104 cm³/mol. The Kier molecular flexibility index (Phi) is 5.87. The second kappa shape index (κ2) is 8.17. The first kappa shape index (κ1) is 20.1. The zero-order valence-corrected chi connectivity index (χ0v) is 16.7. The first-order valence-corrected chi connectivity index (χ1v) is 9.60. The molecule has 1 saturated carbocycles. The van der Waals surface area contributed by atoms with Gasteiger partial charge in [0, 0.05) is 18.0 Å². The Morgan fingerprint density at radius 1 is 1.11 bits per heavy atom. The lowest BCUT2D eigenvalue weighted by Crippen LogP contribution is -2.47. The molecule has 1 aromatic carbocycles. The zero-order valence-electron chi connectivity index (χ0n) is 16.7. The number of furan rings is 1. The fraction of sp³-hybridized carbons (Fsp3) is 0.455. The van der Waals surface area contributed by atoms with Gasteiger partial charge in [-0.1, -0.05) is 32.9 Å². The van der Waals surface area contributed by atoms with Crippen molar-refractivity contribution in [1.82, 2.24) is 9.80 Å². The molecule has 2 amide bonds. The minimum absolute atomic E-state index is 0.0110. The van der Waals surface area contributed by atoms with Crippen molar-refractivity contribution >= 4 is 11.8 Å². The molecule has 1 aliphatic rings. The standard InChI is InChI=1S/C22H27FN2O3/c1-22(2,3)21(27)25(18-10-11-18)15-20(26)24(14-19-5-4-12-28-19)13-16-6-8-17(23)9-7-16/h4-9,12,18H,10-11,13-15H2,1-3H3. The molecule has 150 valence electrons. The Bertz CT molecular complexity index is 805. The SMILES string of the molecule is CC(C)(C)C(=O)N(CC(=O)N(Cc1ccc(F)cc1)Cc1ccco1)C1CC1. The Hall–Kier alpha value is -2.63. The lowest BCUT2D eigenvalue weighted by Gasteiger charge is -2.31. The number of nitrogens with zero attached hydrogens (tertiary/aromatic N) is 2. The van der Waals surface area contributed by atoms with Crippen LogP contribution in [0.5, 0.6) is 0 Å². The third-order valence-corrected chi connectivity index (χ3v) is 4.76. The van der Waals surface area contributed by atoms with Gasteiger partial charge in [0.2, 0.25) is 11.8 Å². The normalized spacial score (nSPS) is 14.0. The molecule has 0 aliphatic heterocycles. The summed E-state index contributed by atoms with van der Waals surface area (Å²) in [6, 6.07) is 9.81. The zero-order chi connectivity index (χ0) is 20.3. The Morgan fingerprint density at radius 2 is 1.79 bits per heavy atom. The number of carbonyl (C=O) groups is 2. The molecule has 1 fully saturated rings. The van der Waals surface area contributed by atoms with E-state index in [1.807, 2.05) is 26.8 Å². The second-order valence-electron chi connectivity index (χ2n) is 8.37. The molecule has 3 rings (SSSR count). The number of amides is 2. The van der Waals surface area contributed by atoms with Crippen LogP contribution >= 0.6 is 0 Å². The Morgan fingerprint density at radius 3 is 2.32 bits per heavy atom. The van der Waals surface area contributed by atoms with Crippen LogP contribution in [-0.4, -0.2) is 34.2 Å². The second-order valence-corrected chi connectivity index (χ2v) is 8.37. The maximum Gasteiger partial charge on any atom is 0.242 e. The molecule has 5 nitrogen and oxygen atoms in total. The highest BCUT2D eigenvalue weighted by Crippen LogP contribution is 2.31. The summed E-state index contributed by atoms with van der Waals surface area (Å²) in [5.74, 6) is 0.187. The maximum atomic E-state index is 13.2. The first-order valence-electron chi connectivity index (χ1n) is 9.60. The van der Waals surface area contributed by atoms with Crippen molar-refractivity contribution in [3.05, 3.63) is 59.8 Å². The van der Waals surface area contributed by atoms with Gasteiger partial charge in [-0.2, -0.15) is 0 Å². The van der Waals surface area contributed by atoms with E-state index in [1.165, 1.54) is 12.1 Å². The molecule has 1 heterocycles. The smallest absolute Gasteiger partial charge is 0.242 e. The van der Waals surface area contributed by atoms with Crippen LogP contribution in [0.3, 0.4) is 0 Å². The van der Waals surface area contributed by atoms with Crippen LogP contribution in [0.1, 0.15) is 44.9 Å². The van der Waals surface area contributed by atoms with Crippen LogP contribution < -0.4 is 0 Å². The maximum absolute atomic E-state index is 13.2. The van der Waals surface area contributed by atoms with Crippen molar-refractivity contribution < 1.29 is 18.4 Å². The molecule has 1 aliphatic carbocycles. The topological polar surface area (TPSA) is 53.8 Å². The van der Waals surface area contributed by atoms with Gasteiger partial charge in [0.1, 0.15) is 18.1 Å². The van der Waals surface area contributed by atoms with Crippen LogP contribution in [0.2, 0.25) is 0 Å². The molecule has 0 radical (unpaired) electrons. The minimum atomic E-state index is -0.536. The summed E-state index contributed by atoms with van der Waals surface area (Å²) in [4.78, 5) is 29.3. The largest absolute Gasteiger partial charge is 0.467 e. The van der Waals surface area contributed by atoms with Gasteiger partial charge < -0.3 is 14.2 Å². The van der Waals surface area contributed by atoms with Crippen molar-refractivity contribution in [1.29, 1.82) is 0 Å². The van der Waals surface area contributed by atoms with Gasteiger partial charge in [-0.25, -0.2) is 4.39 Å². The summed E-state index contributed by atoms with van der Waals surface area (Å²) in [7, 11) is 0. The highest BCUT2D eigenvalue weighted by atomic mass is 19.1. The number of carbonyl (C=O) groups excluding carboxylic acids is 2. The summed E-state index contributed by atoms with van der Waals surface area (Å²) >= 11 is 0. The van der Waals surface area contributed by atoms with Crippen LogP contribution in [0.4, 0.5) is 4.39 Å². The van der Waals surface area contributed by atoms with Gasteiger partial charge in [-0.3, -0.25) is 9.59 Å². The number of benzene rings is 1. The molecule has 0 unspecified atom stereocenters.